The van der Waals surface area contributed by atoms with E-state index in [1.54, 1.807) is 0 Å². The molecule has 1 rings (SSSR count). The molecule has 0 aliphatic carbocycles. The van der Waals surface area contributed by atoms with Gasteiger partial charge in [-0.3, -0.25) is 9.69 Å². The van der Waals surface area contributed by atoms with Gasteiger partial charge in [-0.1, -0.05) is 37.3 Å². The zero-order valence-corrected chi connectivity index (χ0v) is 11.8. The first-order chi connectivity index (χ1) is 9.19. The maximum Gasteiger partial charge on any atom is 0.237 e. The van der Waals surface area contributed by atoms with E-state index in [-0.39, 0.29) is 18.6 Å². The van der Waals surface area contributed by atoms with Crippen molar-refractivity contribution >= 4 is 5.91 Å². The van der Waals surface area contributed by atoms with Gasteiger partial charge in [0.1, 0.15) is 0 Å². The number of carbonyl (C=O) groups excluding carboxylic acids is 1. The monoisotopic (exact) mass is 264 g/mol. The lowest BCUT2D eigenvalue weighted by Gasteiger charge is -2.27. The van der Waals surface area contributed by atoms with E-state index in [1.165, 1.54) is 0 Å². The number of aliphatic hydroxyl groups is 1. The molecule has 0 fully saturated rings. The molecule has 0 aliphatic heterocycles. The third-order valence-corrected chi connectivity index (χ3v) is 3.09. The fourth-order valence-corrected chi connectivity index (χ4v) is 1.92. The Labute approximate surface area is 115 Å². The van der Waals surface area contributed by atoms with Crippen LogP contribution in [0.15, 0.2) is 30.3 Å². The lowest BCUT2D eigenvalue weighted by Crippen LogP contribution is -2.46. The Bertz CT molecular complexity index is 368. The lowest BCUT2D eigenvalue weighted by atomic mass is 10.1. The molecule has 4 nitrogen and oxygen atoms in total. The molecular formula is C15H24N2O2. The van der Waals surface area contributed by atoms with E-state index < -0.39 is 0 Å². The number of benzene rings is 1. The fraction of sp³-hybridized carbons (Fsp3) is 0.533. The number of aliphatic hydroxyl groups excluding tert-OH is 1. The van der Waals surface area contributed by atoms with Crippen LogP contribution in [0.25, 0.3) is 0 Å². The molecule has 0 radical (unpaired) electrons. The van der Waals surface area contributed by atoms with Gasteiger partial charge < -0.3 is 10.4 Å². The maximum atomic E-state index is 12.0. The number of hydrogen-bond donors (Lipinski definition) is 2. The van der Waals surface area contributed by atoms with Crippen molar-refractivity contribution in [3.63, 3.8) is 0 Å². The van der Waals surface area contributed by atoms with Crippen LogP contribution in [0.5, 0.6) is 0 Å². The van der Waals surface area contributed by atoms with Crippen molar-refractivity contribution in [3.8, 4) is 0 Å². The highest BCUT2D eigenvalue weighted by molar-refractivity contribution is 5.81. The molecule has 0 aromatic heterocycles. The maximum absolute atomic E-state index is 12.0. The summed E-state index contributed by atoms with van der Waals surface area (Å²) in [5.41, 5.74) is 1.14. The smallest absolute Gasteiger partial charge is 0.237 e. The standard InChI is InChI=1S/C15H24N2O2/c1-3-9-16-15(19)13(2)17(10-11-18)12-14-7-5-4-6-8-14/h4-8,13,18H,3,9-12H2,1-2H3,(H,16,19). The van der Waals surface area contributed by atoms with Crippen molar-refractivity contribution in [2.45, 2.75) is 32.9 Å². The molecule has 0 saturated carbocycles. The summed E-state index contributed by atoms with van der Waals surface area (Å²) >= 11 is 0. The second kappa shape index (κ2) is 8.67. The summed E-state index contributed by atoms with van der Waals surface area (Å²) in [5.74, 6) is 0.0197. The number of hydrogen-bond acceptors (Lipinski definition) is 3. The molecule has 1 atom stereocenters. The largest absolute Gasteiger partial charge is 0.395 e. The molecule has 19 heavy (non-hydrogen) atoms. The van der Waals surface area contributed by atoms with Crippen LogP contribution in [0, 0.1) is 0 Å². The predicted octanol–water partition coefficient (Wildman–Crippen LogP) is 1.40. The zero-order chi connectivity index (χ0) is 14.1. The summed E-state index contributed by atoms with van der Waals surface area (Å²) < 4.78 is 0. The summed E-state index contributed by atoms with van der Waals surface area (Å²) in [7, 11) is 0. The van der Waals surface area contributed by atoms with E-state index in [9.17, 15) is 4.79 Å². The van der Waals surface area contributed by atoms with Gasteiger partial charge in [-0.05, 0) is 18.9 Å². The molecule has 1 aromatic rings. The van der Waals surface area contributed by atoms with E-state index in [0.717, 1.165) is 12.0 Å². The average Bonchev–Trinajstić information content (AvgIpc) is 2.44. The molecular weight excluding hydrogens is 240 g/mol. The molecule has 0 saturated heterocycles. The van der Waals surface area contributed by atoms with Crippen LogP contribution in [0.4, 0.5) is 0 Å². The van der Waals surface area contributed by atoms with Crippen LogP contribution in [0.3, 0.4) is 0 Å². The minimum Gasteiger partial charge on any atom is -0.395 e. The molecule has 0 bridgehead atoms. The van der Waals surface area contributed by atoms with E-state index >= 15 is 0 Å². The molecule has 0 spiro atoms. The molecule has 4 heteroatoms. The van der Waals surface area contributed by atoms with Gasteiger partial charge in [0.15, 0.2) is 0 Å². The second-order valence-electron chi connectivity index (χ2n) is 4.65. The lowest BCUT2D eigenvalue weighted by molar-refractivity contribution is -0.126. The molecule has 1 aromatic carbocycles. The van der Waals surface area contributed by atoms with E-state index in [0.29, 0.717) is 19.6 Å². The first kappa shape index (κ1) is 15.7. The molecule has 106 valence electrons. The Balaban J connectivity index is 2.63. The molecule has 1 amide bonds. The Kier molecular flexibility index (Phi) is 7.15. The quantitative estimate of drug-likeness (QED) is 0.746. The highest BCUT2D eigenvalue weighted by atomic mass is 16.3. The first-order valence-electron chi connectivity index (χ1n) is 6.85. The van der Waals surface area contributed by atoms with E-state index in [2.05, 4.69) is 5.32 Å². The van der Waals surface area contributed by atoms with Crippen molar-refractivity contribution in [1.29, 1.82) is 0 Å². The third kappa shape index (κ3) is 5.41. The van der Waals surface area contributed by atoms with E-state index in [4.69, 9.17) is 5.11 Å². The molecule has 0 aliphatic rings. The van der Waals surface area contributed by atoms with Crippen LogP contribution >= 0.6 is 0 Å². The van der Waals surface area contributed by atoms with Crippen LogP contribution in [0.1, 0.15) is 25.8 Å². The highest BCUT2D eigenvalue weighted by Crippen LogP contribution is 2.08. The van der Waals surface area contributed by atoms with Crippen LogP contribution in [0.2, 0.25) is 0 Å². The van der Waals surface area contributed by atoms with Crippen molar-refractivity contribution in [3.05, 3.63) is 35.9 Å². The van der Waals surface area contributed by atoms with Gasteiger partial charge >= 0.3 is 0 Å². The van der Waals surface area contributed by atoms with Gasteiger partial charge in [0.2, 0.25) is 5.91 Å². The fourth-order valence-electron chi connectivity index (χ4n) is 1.92. The van der Waals surface area contributed by atoms with Gasteiger partial charge in [-0.15, -0.1) is 0 Å². The number of rotatable bonds is 8. The molecule has 1 unspecified atom stereocenters. The number of amides is 1. The molecule has 0 heterocycles. The van der Waals surface area contributed by atoms with Crippen molar-refractivity contribution < 1.29 is 9.90 Å². The normalized spacial score (nSPS) is 12.4. The first-order valence-corrected chi connectivity index (χ1v) is 6.85. The summed E-state index contributed by atoms with van der Waals surface area (Å²) in [6, 6.07) is 9.75. The summed E-state index contributed by atoms with van der Waals surface area (Å²) in [6.45, 7) is 5.82. The van der Waals surface area contributed by atoms with Crippen LogP contribution in [-0.4, -0.2) is 41.7 Å². The van der Waals surface area contributed by atoms with Gasteiger partial charge in [0, 0.05) is 19.6 Å². The van der Waals surface area contributed by atoms with Gasteiger partial charge in [0.25, 0.3) is 0 Å². The second-order valence-corrected chi connectivity index (χ2v) is 4.65. The third-order valence-electron chi connectivity index (χ3n) is 3.09. The minimum absolute atomic E-state index is 0.0197. The highest BCUT2D eigenvalue weighted by Gasteiger charge is 2.20. The topological polar surface area (TPSA) is 52.6 Å². The minimum atomic E-state index is -0.237. The Morgan fingerprint density at radius 3 is 2.63 bits per heavy atom. The SMILES string of the molecule is CCCNC(=O)C(C)N(CCO)Cc1ccccc1. The summed E-state index contributed by atoms with van der Waals surface area (Å²) in [6.07, 6.45) is 0.928. The van der Waals surface area contributed by atoms with Crippen LogP contribution < -0.4 is 5.32 Å². The Morgan fingerprint density at radius 1 is 1.37 bits per heavy atom. The summed E-state index contributed by atoms with van der Waals surface area (Å²) in [4.78, 5) is 14.0. The van der Waals surface area contributed by atoms with Gasteiger partial charge in [-0.25, -0.2) is 0 Å². The number of carbonyl (C=O) groups is 1. The van der Waals surface area contributed by atoms with Crippen molar-refractivity contribution in [1.82, 2.24) is 10.2 Å². The zero-order valence-electron chi connectivity index (χ0n) is 11.8. The Morgan fingerprint density at radius 2 is 2.05 bits per heavy atom. The van der Waals surface area contributed by atoms with Crippen molar-refractivity contribution in [2.24, 2.45) is 0 Å². The van der Waals surface area contributed by atoms with E-state index in [1.807, 2.05) is 49.1 Å². The Hall–Kier alpha value is -1.39. The van der Waals surface area contributed by atoms with Crippen molar-refractivity contribution in [2.75, 3.05) is 19.7 Å². The number of nitrogens with zero attached hydrogens (tertiary/aromatic N) is 1. The predicted molar refractivity (Wildman–Crippen MR) is 76.7 cm³/mol. The molecule has 2 N–H and O–H groups in total. The van der Waals surface area contributed by atoms with Crippen LogP contribution in [-0.2, 0) is 11.3 Å². The number of nitrogens with one attached hydrogen (secondary N) is 1. The van der Waals surface area contributed by atoms with Gasteiger partial charge in [0.05, 0.1) is 12.6 Å². The summed E-state index contributed by atoms with van der Waals surface area (Å²) in [5, 5.41) is 12.0. The average molecular weight is 264 g/mol. The van der Waals surface area contributed by atoms with Gasteiger partial charge in [-0.2, -0.15) is 0 Å².